The monoisotopic (exact) mass is 96.1 g/mol. The van der Waals surface area contributed by atoms with Crippen LogP contribution in [0.25, 0.3) is 0 Å². The van der Waals surface area contributed by atoms with E-state index in [-0.39, 0.29) is 0 Å². The van der Waals surface area contributed by atoms with Gasteiger partial charge in [0.2, 0.25) is 0 Å². The number of hydrogen-bond acceptors (Lipinski definition) is 1. The second-order valence-electron chi connectivity index (χ2n) is 1.34. The minimum atomic E-state index is 0.731. The van der Waals surface area contributed by atoms with Crippen molar-refractivity contribution < 1.29 is 4.79 Å². The molecule has 0 radical (unpaired) electrons. The molecule has 0 atom stereocenters. The number of carbonyl (C=O) groups is 1. The van der Waals surface area contributed by atoms with Gasteiger partial charge in [-0.3, -0.25) is 4.79 Å². The molecule has 0 amide bonds. The molecule has 0 spiro atoms. The predicted octanol–water partition coefficient (Wildman–Crippen LogP) is 1.32. The van der Waals surface area contributed by atoms with Crippen LogP contribution in [0.2, 0.25) is 0 Å². The van der Waals surface area contributed by atoms with Gasteiger partial charge in [-0.1, -0.05) is 18.2 Å². The molecule has 0 aliphatic carbocycles. The van der Waals surface area contributed by atoms with E-state index in [0.717, 1.165) is 11.9 Å². The Bertz CT molecular complexity index is 101. The summed E-state index contributed by atoms with van der Waals surface area (Å²) in [5.74, 6) is 0. The maximum atomic E-state index is 9.58. The van der Waals surface area contributed by atoms with Crippen molar-refractivity contribution in [1.29, 1.82) is 0 Å². The molecule has 0 rings (SSSR count). The van der Waals surface area contributed by atoms with E-state index in [1.165, 1.54) is 6.08 Å². The Morgan fingerprint density at radius 2 is 2.29 bits per heavy atom. The molecule has 0 aromatic carbocycles. The normalized spacial score (nSPS) is 9.29. The predicted molar refractivity (Wildman–Crippen MR) is 30.0 cm³/mol. The van der Waals surface area contributed by atoms with Crippen LogP contribution in [0, 0.1) is 0 Å². The SMILES string of the molecule is C=C(C)/C=C/C=O. The highest BCUT2D eigenvalue weighted by atomic mass is 16.1. The summed E-state index contributed by atoms with van der Waals surface area (Å²) in [4.78, 5) is 9.58. The average molecular weight is 96.1 g/mol. The van der Waals surface area contributed by atoms with Crippen molar-refractivity contribution in [2.45, 2.75) is 6.92 Å². The lowest BCUT2D eigenvalue weighted by atomic mass is 10.3. The molecular weight excluding hydrogens is 88.1 g/mol. The largest absolute Gasteiger partial charge is 0.299 e. The molecule has 0 heterocycles. The first-order valence-corrected chi connectivity index (χ1v) is 2.04. The Hall–Kier alpha value is -0.850. The van der Waals surface area contributed by atoms with E-state index in [1.54, 1.807) is 6.08 Å². The van der Waals surface area contributed by atoms with Gasteiger partial charge in [-0.05, 0) is 13.0 Å². The lowest BCUT2D eigenvalue weighted by Gasteiger charge is -1.75. The third-order valence-corrected chi connectivity index (χ3v) is 0.459. The van der Waals surface area contributed by atoms with Gasteiger partial charge in [0.25, 0.3) is 0 Å². The van der Waals surface area contributed by atoms with E-state index in [9.17, 15) is 4.79 Å². The Morgan fingerprint density at radius 3 is 2.43 bits per heavy atom. The van der Waals surface area contributed by atoms with Crippen LogP contribution in [-0.4, -0.2) is 6.29 Å². The van der Waals surface area contributed by atoms with Crippen LogP contribution in [0.15, 0.2) is 24.3 Å². The first kappa shape index (κ1) is 6.15. The van der Waals surface area contributed by atoms with Crippen LogP contribution in [-0.2, 0) is 4.79 Å². The molecule has 0 saturated heterocycles. The van der Waals surface area contributed by atoms with E-state index in [1.807, 2.05) is 6.92 Å². The summed E-state index contributed by atoms with van der Waals surface area (Å²) in [5.41, 5.74) is 0.895. The zero-order valence-corrected chi connectivity index (χ0v) is 4.35. The topological polar surface area (TPSA) is 17.1 Å². The van der Waals surface area contributed by atoms with Gasteiger partial charge in [0.1, 0.15) is 6.29 Å². The van der Waals surface area contributed by atoms with Gasteiger partial charge in [-0.2, -0.15) is 0 Å². The van der Waals surface area contributed by atoms with Gasteiger partial charge in [0.15, 0.2) is 0 Å². The molecule has 0 saturated carbocycles. The van der Waals surface area contributed by atoms with E-state index in [4.69, 9.17) is 0 Å². The molecule has 0 fully saturated rings. The Labute approximate surface area is 43.3 Å². The van der Waals surface area contributed by atoms with E-state index in [2.05, 4.69) is 6.58 Å². The van der Waals surface area contributed by atoms with Crippen molar-refractivity contribution in [2.24, 2.45) is 0 Å². The molecule has 7 heavy (non-hydrogen) atoms. The third-order valence-electron chi connectivity index (χ3n) is 0.459. The van der Waals surface area contributed by atoms with E-state index < -0.39 is 0 Å². The zero-order valence-electron chi connectivity index (χ0n) is 4.35. The van der Waals surface area contributed by atoms with Gasteiger partial charge in [0, 0.05) is 0 Å². The number of allylic oxidation sites excluding steroid dienone is 3. The fourth-order valence-electron chi connectivity index (χ4n) is 0.204. The van der Waals surface area contributed by atoms with Gasteiger partial charge in [0.05, 0.1) is 0 Å². The Kier molecular flexibility index (Phi) is 2.94. The first-order valence-electron chi connectivity index (χ1n) is 2.04. The molecule has 0 aromatic rings. The van der Waals surface area contributed by atoms with Gasteiger partial charge in [-0.25, -0.2) is 0 Å². The van der Waals surface area contributed by atoms with Crippen LogP contribution in [0.4, 0.5) is 0 Å². The van der Waals surface area contributed by atoms with E-state index >= 15 is 0 Å². The maximum absolute atomic E-state index is 9.58. The second kappa shape index (κ2) is 3.34. The minimum Gasteiger partial charge on any atom is -0.299 e. The number of hydrogen-bond donors (Lipinski definition) is 0. The van der Waals surface area contributed by atoms with Crippen LogP contribution in [0.1, 0.15) is 6.92 Å². The van der Waals surface area contributed by atoms with Crippen molar-refractivity contribution >= 4 is 6.29 Å². The maximum Gasteiger partial charge on any atom is 0.142 e. The van der Waals surface area contributed by atoms with Crippen molar-refractivity contribution in [3.8, 4) is 0 Å². The molecule has 0 bridgehead atoms. The number of rotatable bonds is 2. The van der Waals surface area contributed by atoms with E-state index in [0.29, 0.717) is 0 Å². The quantitative estimate of drug-likeness (QED) is 0.288. The van der Waals surface area contributed by atoms with Crippen LogP contribution < -0.4 is 0 Å². The highest BCUT2D eigenvalue weighted by Gasteiger charge is 1.67. The van der Waals surface area contributed by atoms with Gasteiger partial charge >= 0.3 is 0 Å². The molecule has 1 nitrogen and oxygen atoms in total. The summed E-state index contributed by atoms with van der Waals surface area (Å²) in [6.07, 6.45) is 3.81. The molecule has 0 unspecified atom stereocenters. The van der Waals surface area contributed by atoms with Gasteiger partial charge < -0.3 is 0 Å². The number of carbonyl (C=O) groups excluding carboxylic acids is 1. The molecule has 1 heteroatoms. The molecule has 38 valence electrons. The summed E-state index contributed by atoms with van der Waals surface area (Å²) in [6, 6.07) is 0. The zero-order chi connectivity index (χ0) is 5.70. The van der Waals surface area contributed by atoms with Crippen LogP contribution in [0.3, 0.4) is 0 Å². The average Bonchev–Trinajstić information content (AvgIpc) is 1.61. The Morgan fingerprint density at radius 1 is 1.71 bits per heavy atom. The standard InChI is InChI=1S/C6H8O/c1-6(2)4-3-5-7/h3-5H,1H2,2H3/b4-3+. The summed E-state index contributed by atoms with van der Waals surface area (Å²) in [7, 11) is 0. The molecule has 0 N–H and O–H groups in total. The summed E-state index contributed by atoms with van der Waals surface area (Å²) in [5, 5.41) is 0. The molecule has 0 aliphatic heterocycles. The summed E-state index contributed by atoms with van der Waals surface area (Å²) < 4.78 is 0. The third kappa shape index (κ3) is 5.15. The van der Waals surface area contributed by atoms with Crippen molar-refractivity contribution in [2.75, 3.05) is 0 Å². The second-order valence-corrected chi connectivity index (χ2v) is 1.34. The fraction of sp³-hybridized carbons (Fsp3) is 0.167. The van der Waals surface area contributed by atoms with Gasteiger partial charge in [-0.15, -0.1) is 0 Å². The smallest absolute Gasteiger partial charge is 0.142 e. The van der Waals surface area contributed by atoms with Crippen molar-refractivity contribution in [3.63, 3.8) is 0 Å². The molecule has 0 aromatic heterocycles. The fourth-order valence-corrected chi connectivity index (χ4v) is 0.204. The molecular formula is C6H8O. The van der Waals surface area contributed by atoms with Crippen LogP contribution in [0.5, 0.6) is 0 Å². The molecule has 0 aliphatic rings. The highest BCUT2D eigenvalue weighted by Crippen LogP contribution is 1.84. The highest BCUT2D eigenvalue weighted by molar-refractivity contribution is 5.65. The lowest BCUT2D eigenvalue weighted by Crippen LogP contribution is -1.61. The summed E-state index contributed by atoms with van der Waals surface area (Å²) >= 11 is 0. The van der Waals surface area contributed by atoms with Crippen LogP contribution >= 0.6 is 0 Å². The minimum absolute atomic E-state index is 0.731. The summed E-state index contributed by atoms with van der Waals surface area (Å²) in [6.45, 7) is 5.38. The van der Waals surface area contributed by atoms with Crippen molar-refractivity contribution in [3.05, 3.63) is 24.3 Å². The lowest BCUT2D eigenvalue weighted by molar-refractivity contribution is -0.104. The first-order chi connectivity index (χ1) is 3.27. The van der Waals surface area contributed by atoms with Crippen molar-refractivity contribution in [1.82, 2.24) is 0 Å². The Balaban J connectivity index is 3.46. The number of aldehydes is 1.